The number of morpholine rings is 1. The molecule has 2 heteroatoms. The van der Waals surface area contributed by atoms with E-state index in [-0.39, 0.29) is 0 Å². The van der Waals surface area contributed by atoms with Gasteiger partial charge in [0.1, 0.15) is 0 Å². The summed E-state index contributed by atoms with van der Waals surface area (Å²) in [6, 6.07) is 0. The third kappa shape index (κ3) is 1.68. The summed E-state index contributed by atoms with van der Waals surface area (Å²) in [5, 5.41) is 0. The second-order valence-electron chi connectivity index (χ2n) is 7.08. The van der Waals surface area contributed by atoms with Crippen molar-refractivity contribution < 1.29 is 4.74 Å². The van der Waals surface area contributed by atoms with E-state index >= 15 is 0 Å². The molecule has 1 saturated heterocycles. The number of hydrogen-bond acceptors (Lipinski definition) is 2. The summed E-state index contributed by atoms with van der Waals surface area (Å²) >= 11 is 0. The van der Waals surface area contributed by atoms with Crippen molar-refractivity contribution in [1.82, 2.24) is 4.90 Å². The molecule has 0 radical (unpaired) electrons. The van der Waals surface area contributed by atoms with E-state index in [4.69, 9.17) is 4.74 Å². The highest BCUT2D eigenvalue weighted by Gasteiger charge is 2.68. The van der Waals surface area contributed by atoms with Gasteiger partial charge in [-0.15, -0.1) is 0 Å². The number of hydrogen-bond donors (Lipinski definition) is 0. The lowest BCUT2D eigenvalue weighted by Crippen LogP contribution is -2.46. The van der Waals surface area contributed by atoms with Gasteiger partial charge in [-0.2, -0.15) is 0 Å². The maximum absolute atomic E-state index is 5.55. The second-order valence-corrected chi connectivity index (χ2v) is 7.08. The fourth-order valence-corrected chi connectivity index (χ4v) is 5.60. The standard InChI is InChI=1S/C16H27NO/c1-2-5-13(4-1)12-15-14-6-3-7-16(14,15)17-8-10-18-11-9-17/h13-15H,1-12H2. The van der Waals surface area contributed by atoms with Crippen molar-refractivity contribution in [2.75, 3.05) is 26.3 Å². The van der Waals surface area contributed by atoms with E-state index in [2.05, 4.69) is 4.90 Å². The van der Waals surface area contributed by atoms with Crippen LogP contribution in [0.2, 0.25) is 0 Å². The van der Waals surface area contributed by atoms with Crippen LogP contribution in [0.3, 0.4) is 0 Å². The first-order valence-corrected chi connectivity index (χ1v) is 8.24. The van der Waals surface area contributed by atoms with Crippen LogP contribution in [0.25, 0.3) is 0 Å². The summed E-state index contributed by atoms with van der Waals surface area (Å²) in [6.07, 6.45) is 12.1. The van der Waals surface area contributed by atoms with Gasteiger partial charge in [-0.1, -0.05) is 32.1 Å². The fourth-order valence-electron chi connectivity index (χ4n) is 5.60. The molecular formula is C16H27NO. The monoisotopic (exact) mass is 249 g/mol. The van der Waals surface area contributed by atoms with E-state index in [1.54, 1.807) is 6.42 Å². The predicted octanol–water partition coefficient (Wildman–Crippen LogP) is 3.07. The minimum Gasteiger partial charge on any atom is -0.379 e. The van der Waals surface area contributed by atoms with Crippen LogP contribution >= 0.6 is 0 Å². The van der Waals surface area contributed by atoms with Crippen molar-refractivity contribution in [3.05, 3.63) is 0 Å². The zero-order valence-corrected chi connectivity index (χ0v) is 11.6. The Kier molecular flexibility index (Phi) is 2.92. The van der Waals surface area contributed by atoms with E-state index in [0.717, 1.165) is 31.0 Å². The molecule has 0 aromatic carbocycles. The summed E-state index contributed by atoms with van der Waals surface area (Å²) in [6.45, 7) is 4.37. The van der Waals surface area contributed by atoms with Crippen molar-refractivity contribution in [3.63, 3.8) is 0 Å². The molecule has 3 saturated carbocycles. The highest BCUT2D eigenvalue weighted by atomic mass is 16.5. The number of nitrogens with zero attached hydrogens (tertiary/aromatic N) is 1. The van der Waals surface area contributed by atoms with Gasteiger partial charge in [0.15, 0.2) is 0 Å². The Morgan fingerprint density at radius 3 is 2.56 bits per heavy atom. The first-order chi connectivity index (χ1) is 8.91. The molecule has 0 bridgehead atoms. The van der Waals surface area contributed by atoms with Crippen molar-refractivity contribution in [2.24, 2.45) is 17.8 Å². The Bertz CT molecular complexity index is 306. The number of rotatable bonds is 3. The molecular weight excluding hydrogens is 222 g/mol. The summed E-state index contributed by atoms with van der Waals surface area (Å²) in [7, 11) is 0. The van der Waals surface area contributed by atoms with Crippen LogP contribution in [0.5, 0.6) is 0 Å². The molecule has 18 heavy (non-hydrogen) atoms. The largest absolute Gasteiger partial charge is 0.379 e. The van der Waals surface area contributed by atoms with E-state index in [1.165, 1.54) is 58.0 Å². The summed E-state index contributed by atoms with van der Waals surface area (Å²) < 4.78 is 5.55. The lowest BCUT2D eigenvalue weighted by Gasteiger charge is -2.35. The van der Waals surface area contributed by atoms with E-state index in [1.807, 2.05) is 0 Å². The topological polar surface area (TPSA) is 12.5 Å². The smallest absolute Gasteiger partial charge is 0.0594 e. The fraction of sp³-hybridized carbons (Fsp3) is 1.00. The van der Waals surface area contributed by atoms with Gasteiger partial charge in [-0.3, -0.25) is 4.90 Å². The molecule has 3 unspecified atom stereocenters. The summed E-state index contributed by atoms with van der Waals surface area (Å²) in [4.78, 5) is 2.83. The maximum atomic E-state index is 5.55. The van der Waals surface area contributed by atoms with Gasteiger partial charge in [0.25, 0.3) is 0 Å². The zero-order valence-electron chi connectivity index (χ0n) is 11.6. The van der Waals surface area contributed by atoms with Crippen LogP contribution in [0, 0.1) is 17.8 Å². The lowest BCUT2D eigenvalue weighted by molar-refractivity contribution is 0.00267. The average Bonchev–Trinajstić information content (AvgIpc) is 2.86. The minimum absolute atomic E-state index is 0.659. The van der Waals surface area contributed by atoms with Crippen LogP contribution in [-0.4, -0.2) is 36.7 Å². The molecule has 4 aliphatic rings. The maximum Gasteiger partial charge on any atom is 0.0594 e. The minimum atomic E-state index is 0.659. The van der Waals surface area contributed by atoms with Gasteiger partial charge in [0.05, 0.1) is 13.2 Å². The Balaban J connectivity index is 1.45. The van der Waals surface area contributed by atoms with Gasteiger partial charge in [0.2, 0.25) is 0 Å². The molecule has 0 aromatic heterocycles. The van der Waals surface area contributed by atoms with Crippen LogP contribution in [-0.2, 0) is 4.74 Å². The molecule has 3 aliphatic carbocycles. The van der Waals surface area contributed by atoms with Gasteiger partial charge in [-0.25, -0.2) is 0 Å². The molecule has 4 rings (SSSR count). The quantitative estimate of drug-likeness (QED) is 0.762. The lowest BCUT2D eigenvalue weighted by atomic mass is 9.94. The SMILES string of the molecule is C1CCC(CC2C3CCCC32N2CCOCC2)C1. The van der Waals surface area contributed by atoms with Gasteiger partial charge in [-0.05, 0) is 37.0 Å². The Morgan fingerprint density at radius 1 is 1.00 bits per heavy atom. The van der Waals surface area contributed by atoms with E-state index < -0.39 is 0 Å². The summed E-state index contributed by atoms with van der Waals surface area (Å²) in [5.41, 5.74) is 0.659. The molecule has 4 fully saturated rings. The molecule has 3 atom stereocenters. The highest BCUT2D eigenvalue weighted by molar-refractivity contribution is 5.22. The normalized spacial score (nSPS) is 45.3. The highest BCUT2D eigenvalue weighted by Crippen LogP contribution is 2.67. The molecule has 0 amide bonds. The molecule has 1 heterocycles. The van der Waals surface area contributed by atoms with Crippen LogP contribution < -0.4 is 0 Å². The van der Waals surface area contributed by atoms with Crippen LogP contribution in [0.15, 0.2) is 0 Å². The zero-order chi connectivity index (χ0) is 12.0. The predicted molar refractivity (Wildman–Crippen MR) is 72.5 cm³/mol. The van der Waals surface area contributed by atoms with Crippen LogP contribution in [0.1, 0.15) is 51.4 Å². The molecule has 0 aromatic rings. The first-order valence-electron chi connectivity index (χ1n) is 8.24. The number of fused-ring (bicyclic) bond motifs is 1. The van der Waals surface area contributed by atoms with Crippen molar-refractivity contribution in [2.45, 2.75) is 56.9 Å². The van der Waals surface area contributed by atoms with Crippen molar-refractivity contribution in [3.8, 4) is 0 Å². The van der Waals surface area contributed by atoms with Crippen molar-refractivity contribution in [1.29, 1.82) is 0 Å². The molecule has 102 valence electrons. The summed E-state index contributed by atoms with van der Waals surface area (Å²) in [5.74, 6) is 3.21. The Hall–Kier alpha value is -0.0800. The molecule has 2 nitrogen and oxygen atoms in total. The van der Waals surface area contributed by atoms with Gasteiger partial charge >= 0.3 is 0 Å². The van der Waals surface area contributed by atoms with E-state index in [0.29, 0.717) is 5.54 Å². The average molecular weight is 249 g/mol. The van der Waals surface area contributed by atoms with Gasteiger partial charge < -0.3 is 4.74 Å². The number of ether oxygens (including phenoxy) is 1. The first kappa shape index (κ1) is 11.7. The van der Waals surface area contributed by atoms with Crippen LogP contribution in [0.4, 0.5) is 0 Å². The third-order valence-corrected chi connectivity index (χ3v) is 6.41. The third-order valence-electron chi connectivity index (χ3n) is 6.41. The molecule has 0 N–H and O–H groups in total. The molecule has 1 aliphatic heterocycles. The Labute approximate surface area is 111 Å². The Morgan fingerprint density at radius 2 is 1.78 bits per heavy atom. The second kappa shape index (κ2) is 4.49. The molecule has 0 spiro atoms. The van der Waals surface area contributed by atoms with E-state index in [9.17, 15) is 0 Å². The van der Waals surface area contributed by atoms with Gasteiger partial charge in [0, 0.05) is 18.6 Å². The van der Waals surface area contributed by atoms with Crippen molar-refractivity contribution >= 4 is 0 Å².